The molecule has 0 fully saturated rings. The van der Waals surface area contributed by atoms with Gasteiger partial charge in [0.1, 0.15) is 6.54 Å². The van der Waals surface area contributed by atoms with Crippen molar-refractivity contribution in [3.63, 3.8) is 0 Å². The van der Waals surface area contributed by atoms with Crippen molar-refractivity contribution in [3.05, 3.63) is 12.7 Å². The molecule has 0 saturated carbocycles. The third-order valence-corrected chi connectivity index (χ3v) is 2.90. The number of nitrogens with zero attached hydrogens (tertiary/aromatic N) is 2. The minimum atomic E-state index is -0.218. The van der Waals surface area contributed by atoms with Gasteiger partial charge in [-0.1, -0.05) is 45.6 Å². The van der Waals surface area contributed by atoms with E-state index < -0.39 is 0 Å². The monoisotopic (exact) mass is 266 g/mol. The van der Waals surface area contributed by atoms with Crippen molar-refractivity contribution >= 4 is 5.91 Å². The highest BCUT2D eigenvalue weighted by molar-refractivity contribution is 5.87. The lowest BCUT2D eigenvalue weighted by atomic mass is 10.1. The summed E-state index contributed by atoms with van der Waals surface area (Å²) in [4.78, 5) is 12.8. The lowest BCUT2D eigenvalue weighted by Crippen LogP contribution is -2.33. The molecule has 0 heterocycles. The minimum absolute atomic E-state index is 0.0885. The van der Waals surface area contributed by atoms with E-state index in [1.54, 1.807) is 0 Å². The fraction of sp³-hybridized carbons (Fsp3) is 0.733. The standard InChI is InChI=1S/C15H26N2O2/c1-3-5-6-7-8-9-13-19-14-12-17(11-10-16)15(18)4-2/h4H,2-3,5-9,11-14H2,1H3. The second-order valence-corrected chi connectivity index (χ2v) is 4.50. The van der Waals surface area contributed by atoms with E-state index in [1.165, 1.54) is 43.1 Å². The molecule has 0 aromatic carbocycles. The van der Waals surface area contributed by atoms with E-state index in [1.807, 2.05) is 6.07 Å². The van der Waals surface area contributed by atoms with Crippen LogP contribution >= 0.6 is 0 Å². The van der Waals surface area contributed by atoms with Crippen LogP contribution in [0.1, 0.15) is 45.4 Å². The van der Waals surface area contributed by atoms with E-state index >= 15 is 0 Å². The Morgan fingerprint density at radius 3 is 2.58 bits per heavy atom. The topological polar surface area (TPSA) is 53.3 Å². The van der Waals surface area contributed by atoms with Crippen molar-refractivity contribution in [2.45, 2.75) is 45.4 Å². The molecule has 0 aromatic rings. The first-order valence-corrected chi connectivity index (χ1v) is 7.12. The van der Waals surface area contributed by atoms with Crippen molar-refractivity contribution in [1.82, 2.24) is 4.90 Å². The van der Waals surface area contributed by atoms with Gasteiger partial charge in [0.15, 0.2) is 0 Å². The van der Waals surface area contributed by atoms with E-state index in [2.05, 4.69) is 13.5 Å². The molecule has 0 aliphatic heterocycles. The molecule has 0 atom stereocenters. The Balaban J connectivity index is 3.48. The molecule has 0 saturated heterocycles. The average Bonchev–Trinajstić information content (AvgIpc) is 2.43. The number of amides is 1. The van der Waals surface area contributed by atoms with Gasteiger partial charge in [0.25, 0.3) is 0 Å². The van der Waals surface area contributed by atoms with Crippen molar-refractivity contribution in [1.29, 1.82) is 5.26 Å². The van der Waals surface area contributed by atoms with Crippen molar-refractivity contribution < 1.29 is 9.53 Å². The van der Waals surface area contributed by atoms with Gasteiger partial charge in [-0.05, 0) is 12.5 Å². The summed E-state index contributed by atoms with van der Waals surface area (Å²) in [6.07, 6.45) is 8.65. The van der Waals surface area contributed by atoms with Gasteiger partial charge >= 0.3 is 0 Å². The highest BCUT2D eigenvalue weighted by atomic mass is 16.5. The largest absolute Gasteiger partial charge is 0.380 e. The molecule has 4 heteroatoms. The molecule has 0 aromatic heterocycles. The van der Waals surface area contributed by atoms with E-state index in [9.17, 15) is 4.79 Å². The number of carbonyl (C=O) groups is 1. The summed E-state index contributed by atoms with van der Waals surface area (Å²) in [7, 11) is 0. The second kappa shape index (κ2) is 13.1. The van der Waals surface area contributed by atoms with Gasteiger partial charge in [-0.2, -0.15) is 5.26 Å². The first kappa shape index (κ1) is 17.7. The lowest BCUT2D eigenvalue weighted by molar-refractivity contribution is -0.126. The Kier molecular flexibility index (Phi) is 12.2. The maximum atomic E-state index is 11.4. The minimum Gasteiger partial charge on any atom is -0.380 e. The summed E-state index contributed by atoms with van der Waals surface area (Å²) in [5.41, 5.74) is 0. The first-order valence-electron chi connectivity index (χ1n) is 7.12. The van der Waals surface area contributed by atoms with E-state index in [4.69, 9.17) is 10.00 Å². The number of nitriles is 1. The van der Waals surface area contributed by atoms with Crippen LogP contribution in [0, 0.1) is 11.3 Å². The Bertz CT molecular complexity index is 284. The summed E-state index contributed by atoms with van der Waals surface area (Å²) in [5, 5.41) is 8.61. The third kappa shape index (κ3) is 10.3. The smallest absolute Gasteiger partial charge is 0.246 e. The van der Waals surface area contributed by atoms with E-state index in [-0.39, 0.29) is 12.5 Å². The van der Waals surface area contributed by atoms with E-state index in [0.29, 0.717) is 13.2 Å². The van der Waals surface area contributed by atoms with Crippen LogP contribution in [0.4, 0.5) is 0 Å². The van der Waals surface area contributed by atoms with Gasteiger partial charge < -0.3 is 9.64 Å². The lowest BCUT2D eigenvalue weighted by Gasteiger charge is -2.17. The molecular weight excluding hydrogens is 240 g/mol. The Labute approximate surface area is 117 Å². The molecule has 0 aliphatic rings. The third-order valence-electron chi connectivity index (χ3n) is 2.90. The number of hydrogen-bond donors (Lipinski definition) is 0. The zero-order chi connectivity index (χ0) is 14.3. The highest BCUT2D eigenvalue weighted by Crippen LogP contribution is 2.04. The van der Waals surface area contributed by atoms with Crippen LogP contribution in [-0.2, 0) is 9.53 Å². The zero-order valence-electron chi connectivity index (χ0n) is 12.1. The van der Waals surface area contributed by atoms with Crippen LogP contribution in [0.25, 0.3) is 0 Å². The van der Waals surface area contributed by atoms with Crippen LogP contribution in [0.3, 0.4) is 0 Å². The first-order chi connectivity index (χ1) is 9.26. The fourth-order valence-electron chi connectivity index (χ4n) is 1.74. The molecule has 0 rings (SSSR count). The fourth-order valence-corrected chi connectivity index (χ4v) is 1.74. The summed E-state index contributed by atoms with van der Waals surface area (Å²) >= 11 is 0. The molecule has 19 heavy (non-hydrogen) atoms. The predicted molar refractivity (Wildman–Crippen MR) is 76.6 cm³/mol. The van der Waals surface area contributed by atoms with Gasteiger partial charge in [-0.25, -0.2) is 0 Å². The normalized spacial score (nSPS) is 9.89. The number of ether oxygens (including phenoxy) is 1. The van der Waals surface area contributed by atoms with Gasteiger partial charge in [0.05, 0.1) is 12.7 Å². The highest BCUT2D eigenvalue weighted by Gasteiger charge is 2.08. The molecular formula is C15H26N2O2. The summed E-state index contributed by atoms with van der Waals surface area (Å²) in [6.45, 7) is 7.38. The molecule has 0 radical (unpaired) electrons. The molecule has 0 bridgehead atoms. The Morgan fingerprint density at radius 1 is 1.26 bits per heavy atom. The van der Waals surface area contributed by atoms with Crippen LogP contribution in [0.2, 0.25) is 0 Å². The molecule has 1 amide bonds. The van der Waals surface area contributed by atoms with E-state index in [0.717, 1.165) is 13.0 Å². The Morgan fingerprint density at radius 2 is 1.95 bits per heavy atom. The van der Waals surface area contributed by atoms with Crippen molar-refractivity contribution in [2.24, 2.45) is 0 Å². The Hall–Kier alpha value is -1.34. The zero-order valence-corrected chi connectivity index (χ0v) is 12.1. The van der Waals surface area contributed by atoms with Gasteiger partial charge in [0.2, 0.25) is 5.91 Å². The predicted octanol–water partition coefficient (Wildman–Crippen LogP) is 2.90. The molecule has 4 nitrogen and oxygen atoms in total. The summed E-state index contributed by atoms with van der Waals surface area (Å²) in [5.74, 6) is -0.218. The van der Waals surface area contributed by atoms with Crippen LogP contribution in [-0.4, -0.2) is 37.1 Å². The van der Waals surface area contributed by atoms with Crippen molar-refractivity contribution in [2.75, 3.05) is 26.3 Å². The van der Waals surface area contributed by atoms with Crippen LogP contribution in [0.5, 0.6) is 0 Å². The number of carbonyl (C=O) groups excluding carboxylic acids is 1. The van der Waals surface area contributed by atoms with Gasteiger partial charge in [0, 0.05) is 13.2 Å². The molecule has 0 unspecified atom stereocenters. The summed E-state index contributed by atoms with van der Waals surface area (Å²) < 4.78 is 5.47. The molecule has 0 N–H and O–H groups in total. The average molecular weight is 266 g/mol. The van der Waals surface area contributed by atoms with Crippen LogP contribution < -0.4 is 0 Å². The quantitative estimate of drug-likeness (QED) is 0.310. The van der Waals surface area contributed by atoms with Gasteiger partial charge in [-0.3, -0.25) is 4.79 Å². The van der Waals surface area contributed by atoms with Gasteiger partial charge in [-0.15, -0.1) is 0 Å². The van der Waals surface area contributed by atoms with Crippen LogP contribution in [0.15, 0.2) is 12.7 Å². The maximum Gasteiger partial charge on any atom is 0.246 e. The number of unbranched alkanes of at least 4 members (excludes halogenated alkanes) is 5. The summed E-state index contributed by atoms with van der Waals surface area (Å²) in [6, 6.07) is 1.97. The molecule has 0 aliphatic carbocycles. The second-order valence-electron chi connectivity index (χ2n) is 4.50. The molecule has 0 spiro atoms. The number of rotatable bonds is 12. The van der Waals surface area contributed by atoms with Crippen molar-refractivity contribution in [3.8, 4) is 6.07 Å². The maximum absolute atomic E-state index is 11.4. The molecule has 108 valence electrons. The SMILES string of the molecule is C=CC(=O)N(CC#N)CCOCCCCCCCC. The number of hydrogen-bond acceptors (Lipinski definition) is 3.